The summed E-state index contributed by atoms with van der Waals surface area (Å²) in [6.07, 6.45) is 0. The van der Waals surface area contributed by atoms with Crippen molar-refractivity contribution in [2.45, 2.75) is 26.1 Å². The Balaban J connectivity index is 4.07. The summed E-state index contributed by atoms with van der Waals surface area (Å²) in [5.74, 6) is -0.368. The number of carbonyl (C=O) groups is 2. The van der Waals surface area contributed by atoms with E-state index in [1.165, 1.54) is 6.92 Å². The molecule has 4 nitrogen and oxygen atoms in total. The van der Waals surface area contributed by atoms with Gasteiger partial charge in [-0.15, -0.1) is 0 Å². The Labute approximate surface area is 85.2 Å². The second-order valence-corrected chi connectivity index (χ2v) is 5.62. The Morgan fingerprint density at radius 3 is 2.38 bits per heavy atom. The topological polar surface area (TPSA) is 55.4 Å². The van der Waals surface area contributed by atoms with Crippen molar-refractivity contribution in [3.8, 4) is 0 Å². The van der Waals surface area contributed by atoms with Crippen molar-refractivity contribution in [2.75, 3.05) is 5.75 Å². The lowest BCUT2D eigenvalue weighted by Crippen LogP contribution is -2.43. The molecule has 0 aromatic carbocycles. The molecule has 1 amide bonds. The van der Waals surface area contributed by atoms with Gasteiger partial charge in [0.15, 0.2) is 0 Å². The summed E-state index contributed by atoms with van der Waals surface area (Å²) in [7, 11) is -1.38. The highest BCUT2D eigenvalue weighted by atomic mass is 32.1. The van der Waals surface area contributed by atoms with Gasteiger partial charge in [0.2, 0.25) is 14.9 Å². The van der Waals surface area contributed by atoms with E-state index in [1.54, 1.807) is 0 Å². The smallest absolute Gasteiger partial charge is 0.316 e. The van der Waals surface area contributed by atoms with Gasteiger partial charge < -0.3 is 9.74 Å². The molecular formula is C7H15NO3SSi. The van der Waals surface area contributed by atoms with E-state index in [0.717, 1.165) is 0 Å². The lowest BCUT2D eigenvalue weighted by molar-refractivity contribution is -0.138. The normalized spacial score (nSPS) is 12.4. The van der Waals surface area contributed by atoms with Crippen LogP contribution in [0.2, 0.25) is 13.1 Å². The van der Waals surface area contributed by atoms with Crippen molar-refractivity contribution in [2.24, 2.45) is 0 Å². The van der Waals surface area contributed by atoms with Gasteiger partial charge in [-0.2, -0.15) is 12.6 Å². The maximum absolute atomic E-state index is 11.3. The average Bonchev–Trinajstić information content (AvgIpc) is 1.98. The molecule has 1 atom stereocenters. The van der Waals surface area contributed by atoms with Gasteiger partial charge in [0.05, 0.1) is 0 Å². The molecule has 0 aromatic heterocycles. The number of thiol groups is 1. The second-order valence-electron chi connectivity index (χ2n) is 2.92. The van der Waals surface area contributed by atoms with Crippen LogP contribution in [0.3, 0.4) is 0 Å². The minimum Gasteiger partial charge on any atom is -0.521 e. The zero-order valence-corrected chi connectivity index (χ0v) is 10.1. The van der Waals surface area contributed by atoms with Gasteiger partial charge >= 0.3 is 5.97 Å². The van der Waals surface area contributed by atoms with Crippen LogP contribution in [-0.4, -0.2) is 32.7 Å². The molecule has 0 saturated heterocycles. The van der Waals surface area contributed by atoms with Gasteiger partial charge in [-0.05, 0) is 13.1 Å². The van der Waals surface area contributed by atoms with Crippen LogP contribution >= 0.6 is 12.6 Å². The van der Waals surface area contributed by atoms with Crippen LogP contribution in [0.4, 0.5) is 0 Å². The standard InChI is InChI=1S/C7H15NO3SSi/c1-5(9)8-6(4-12)7(10)11-13(2)3/h6,12-13H,4H2,1-3H3,(H,8,9)/t6-/m0/s1. The molecule has 0 heterocycles. The fourth-order valence-corrected chi connectivity index (χ4v) is 1.61. The molecular weight excluding hydrogens is 206 g/mol. The fourth-order valence-electron chi connectivity index (χ4n) is 0.739. The van der Waals surface area contributed by atoms with Crippen LogP contribution in [0.1, 0.15) is 6.92 Å². The van der Waals surface area contributed by atoms with Gasteiger partial charge in [0, 0.05) is 12.7 Å². The maximum atomic E-state index is 11.3. The molecule has 0 fully saturated rings. The molecule has 0 spiro atoms. The van der Waals surface area contributed by atoms with E-state index < -0.39 is 15.1 Å². The zero-order chi connectivity index (χ0) is 10.4. The van der Waals surface area contributed by atoms with Gasteiger partial charge in [0.25, 0.3) is 0 Å². The first-order valence-electron chi connectivity index (χ1n) is 4.05. The molecule has 0 saturated carbocycles. The van der Waals surface area contributed by atoms with E-state index in [1.807, 2.05) is 13.1 Å². The molecule has 0 aliphatic rings. The van der Waals surface area contributed by atoms with Crippen molar-refractivity contribution >= 4 is 33.5 Å². The molecule has 6 heteroatoms. The lowest BCUT2D eigenvalue weighted by atomic mass is 10.3. The molecule has 76 valence electrons. The van der Waals surface area contributed by atoms with Gasteiger partial charge in [0.1, 0.15) is 6.04 Å². The summed E-state index contributed by atoms with van der Waals surface area (Å²) in [6.45, 7) is 5.14. The Morgan fingerprint density at radius 1 is 1.54 bits per heavy atom. The number of rotatable bonds is 4. The van der Waals surface area contributed by atoms with Crippen molar-refractivity contribution < 1.29 is 14.0 Å². The van der Waals surface area contributed by atoms with Crippen LogP contribution in [0.15, 0.2) is 0 Å². The molecule has 0 rings (SSSR count). The highest BCUT2D eigenvalue weighted by molar-refractivity contribution is 7.80. The summed E-state index contributed by atoms with van der Waals surface area (Å²) >= 11 is 3.95. The third-order valence-electron chi connectivity index (χ3n) is 1.20. The minimum atomic E-state index is -1.38. The quantitative estimate of drug-likeness (QED) is 0.517. The Morgan fingerprint density at radius 2 is 2.08 bits per heavy atom. The Bertz CT molecular complexity index is 198. The van der Waals surface area contributed by atoms with E-state index in [0.29, 0.717) is 0 Å². The molecule has 13 heavy (non-hydrogen) atoms. The van der Waals surface area contributed by atoms with Crippen molar-refractivity contribution in [3.63, 3.8) is 0 Å². The summed E-state index contributed by atoms with van der Waals surface area (Å²) in [5.41, 5.74) is 0. The number of nitrogens with one attached hydrogen (secondary N) is 1. The molecule has 0 aliphatic carbocycles. The molecule has 0 aromatic rings. The van der Waals surface area contributed by atoms with Crippen LogP contribution in [0.5, 0.6) is 0 Å². The molecule has 0 bridgehead atoms. The second kappa shape index (κ2) is 6.04. The van der Waals surface area contributed by atoms with E-state index in [2.05, 4.69) is 17.9 Å². The number of carbonyl (C=O) groups excluding carboxylic acids is 2. The summed E-state index contributed by atoms with van der Waals surface area (Å²) in [4.78, 5) is 21.9. The van der Waals surface area contributed by atoms with Crippen LogP contribution in [0.25, 0.3) is 0 Å². The maximum Gasteiger partial charge on any atom is 0.316 e. The van der Waals surface area contributed by atoms with E-state index >= 15 is 0 Å². The predicted octanol–water partition coefficient (Wildman–Crippen LogP) is -0.0525. The number of amides is 1. The third kappa shape index (κ3) is 5.70. The first-order valence-corrected chi connectivity index (χ1v) is 7.47. The molecule has 0 unspecified atom stereocenters. The van der Waals surface area contributed by atoms with E-state index in [4.69, 9.17) is 4.43 Å². The van der Waals surface area contributed by atoms with Crippen molar-refractivity contribution in [1.82, 2.24) is 5.32 Å². The lowest BCUT2D eigenvalue weighted by Gasteiger charge is -2.16. The summed E-state index contributed by atoms with van der Waals surface area (Å²) < 4.78 is 5.04. The van der Waals surface area contributed by atoms with E-state index in [9.17, 15) is 9.59 Å². The van der Waals surface area contributed by atoms with Gasteiger partial charge in [-0.1, -0.05) is 0 Å². The molecule has 0 radical (unpaired) electrons. The Hall–Kier alpha value is -0.493. The van der Waals surface area contributed by atoms with Crippen LogP contribution in [0, 0.1) is 0 Å². The predicted molar refractivity (Wildman–Crippen MR) is 56.4 cm³/mol. The average molecular weight is 221 g/mol. The van der Waals surface area contributed by atoms with Gasteiger partial charge in [-0.25, -0.2) is 0 Å². The van der Waals surface area contributed by atoms with Crippen LogP contribution in [-0.2, 0) is 14.0 Å². The fraction of sp³-hybridized carbons (Fsp3) is 0.714. The zero-order valence-electron chi connectivity index (χ0n) is 8.03. The first kappa shape index (κ1) is 12.5. The largest absolute Gasteiger partial charge is 0.521 e. The summed E-state index contributed by atoms with van der Waals surface area (Å²) in [5, 5.41) is 2.47. The third-order valence-corrected chi connectivity index (χ3v) is 2.27. The number of hydrogen-bond acceptors (Lipinski definition) is 4. The monoisotopic (exact) mass is 221 g/mol. The van der Waals surface area contributed by atoms with Gasteiger partial charge in [-0.3, -0.25) is 9.59 Å². The highest BCUT2D eigenvalue weighted by Crippen LogP contribution is 1.95. The SMILES string of the molecule is CC(=O)N[C@@H](CS)C(=O)O[SiH](C)C. The molecule has 0 aliphatic heterocycles. The number of hydrogen-bond donors (Lipinski definition) is 2. The van der Waals surface area contributed by atoms with E-state index in [-0.39, 0.29) is 17.6 Å². The van der Waals surface area contributed by atoms with Crippen molar-refractivity contribution in [1.29, 1.82) is 0 Å². The Kier molecular flexibility index (Phi) is 5.81. The first-order chi connectivity index (χ1) is 5.97. The molecule has 1 N–H and O–H groups in total. The minimum absolute atomic E-state index is 0.249. The van der Waals surface area contributed by atoms with Crippen LogP contribution < -0.4 is 5.32 Å². The summed E-state index contributed by atoms with van der Waals surface area (Å²) in [6, 6.07) is -0.615. The van der Waals surface area contributed by atoms with Crippen molar-refractivity contribution in [3.05, 3.63) is 0 Å². The highest BCUT2D eigenvalue weighted by Gasteiger charge is 2.19.